The third-order valence-corrected chi connectivity index (χ3v) is 5.21. The van der Waals surface area contributed by atoms with Crippen molar-refractivity contribution in [3.05, 3.63) is 59.8 Å². The molecule has 2 N–H and O–H groups in total. The highest BCUT2D eigenvalue weighted by Crippen LogP contribution is 2.39. The summed E-state index contributed by atoms with van der Waals surface area (Å²) in [4.78, 5) is 31.6. The molecule has 7 heteroatoms. The summed E-state index contributed by atoms with van der Waals surface area (Å²) in [5.41, 5.74) is 2.09. The van der Waals surface area contributed by atoms with Crippen LogP contribution in [0.25, 0.3) is 0 Å². The molecule has 1 aromatic carbocycles. The molecule has 1 aliphatic rings. The second-order valence-electron chi connectivity index (χ2n) is 7.12. The summed E-state index contributed by atoms with van der Waals surface area (Å²) >= 11 is 0. The molecule has 2 heterocycles. The molecule has 1 aliphatic heterocycles. The van der Waals surface area contributed by atoms with E-state index in [0.717, 1.165) is 16.9 Å². The summed E-state index contributed by atoms with van der Waals surface area (Å²) in [6.45, 7) is 3.94. The van der Waals surface area contributed by atoms with Crippen molar-refractivity contribution < 1.29 is 14.3 Å². The van der Waals surface area contributed by atoms with Crippen LogP contribution in [0.2, 0.25) is 0 Å². The van der Waals surface area contributed by atoms with Crippen molar-refractivity contribution in [2.75, 3.05) is 38.7 Å². The van der Waals surface area contributed by atoms with Crippen LogP contribution in [0.5, 0.6) is 0 Å². The van der Waals surface area contributed by atoms with Gasteiger partial charge in [0.2, 0.25) is 11.8 Å². The van der Waals surface area contributed by atoms with Crippen molar-refractivity contribution in [3.8, 4) is 0 Å². The van der Waals surface area contributed by atoms with Gasteiger partial charge in [-0.1, -0.05) is 30.3 Å². The van der Waals surface area contributed by atoms with Crippen LogP contribution in [-0.2, 0) is 14.3 Å². The number of aromatic nitrogens is 1. The van der Waals surface area contributed by atoms with Gasteiger partial charge in [-0.05, 0) is 30.2 Å². The molecular formula is C22H28N4O3. The topological polar surface area (TPSA) is 83.6 Å². The van der Waals surface area contributed by atoms with Crippen molar-refractivity contribution >= 4 is 17.6 Å². The number of pyridine rings is 1. The lowest BCUT2D eigenvalue weighted by Crippen LogP contribution is -2.38. The van der Waals surface area contributed by atoms with Gasteiger partial charge in [0.15, 0.2) is 0 Å². The summed E-state index contributed by atoms with van der Waals surface area (Å²) in [7, 11) is 1.61. The Balaban J connectivity index is 1.67. The maximum Gasteiger partial charge on any atom is 0.226 e. The molecule has 7 nitrogen and oxygen atoms in total. The third-order valence-electron chi connectivity index (χ3n) is 5.21. The number of amides is 2. The van der Waals surface area contributed by atoms with Gasteiger partial charge in [0.05, 0.1) is 18.6 Å². The van der Waals surface area contributed by atoms with Crippen molar-refractivity contribution in [2.45, 2.75) is 19.4 Å². The van der Waals surface area contributed by atoms with Crippen molar-refractivity contribution in [2.24, 2.45) is 5.92 Å². The fourth-order valence-corrected chi connectivity index (χ4v) is 3.76. The van der Waals surface area contributed by atoms with Gasteiger partial charge in [0, 0.05) is 39.4 Å². The first-order valence-corrected chi connectivity index (χ1v) is 9.88. The van der Waals surface area contributed by atoms with Crippen LogP contribution < -0.4 is 10.6 Å². The SMILES string of the molecule is COCCN1C(=O)C[C@@H](C(=O)NCCNc2ccccn2)[C@@H]1c1ccccc1C. The Hall–Kier alpha value is -2.93. The van der Waals surface area contributed by atoms with Crippen molar-refractivity contribution in [3.63, 3.8) is 0 Å². The van der Waals surface area contributed by atoms with E-state index >= 15 is 0 Å². The molecule has 0 saturated carbocycles. The normalized spacial score (nSPS) is 18.7. The minimum atomic E-state index is -0.421. The molecule has 154 valence electrons. The Labute approximate surface area is 171 Å². The average Bonchev–Trinajstić information content (AvgIpc) is 3.06. The molecule has 0 unspecified atom stereocenters. The minimum Gasteiger partial charge on any atom is -0.383 e. The predicted octanol–water partition coefficient (Wildman–Crippen LogP) is 2.15. The zero-order chi connectivity index (χ0) is 20.6. The molecule has 1 aromatic heterocycles. The highest BCUT2D eigenvalue weighted by molar-refractivity contribution is 5.90. The molecule has 29 heavy (non-hydrogen) atoms. The first-order valence-electron chi connectivity index (χ1n) is 9.88. The fraction of sp³-hybridized carbons (Fsp3) is 0.409. The number of ether oxygens (including phenoxy) is 1. The molecule has 0 spiro atoms. The number of carbonyl (C=O) groups is 2. The zero-order valence-electron chi connectivity index (χ0n) is 16.9. The Bertz CT molecular complexity index is 828. The van der Waals surface area contributed by atoms with E-state index in [1.54, 1.807) is 18.2 Å². The van der Waals surface area contributed by atoms with Gasteiger partial charge in [-0.25, -0.2) is 4.98 Å². The molecule has 2 atom stereocenters. The average molecular weight is 396 g/mol. The van der Waals surface area contributed by atoms with E-state index in [9.17, 15) is 9.59 Å². The Morgan fingerprint density at radius 3 is 2.72 bits per heavy atom. The van der Waals surface area contributed by atoms with Crippen LogP contribution in [0.4, 0.5) is 5.82 Å². The highest BCUT2D eigenvalue weighted by atomic mass is 16.5. The summed E-state index contributed by atoms with van der Waals surface area (Å²) in [6.07, 6.45) is 1.93. The van der Waals surface area contributed by atoms with Crippen LogP contribution in [0.1, 0.15) is 23.6 Å². The van der Waals surface area contributed by atoms with E-state index in [-0.39, 0.29) is 24.3 Å². The van der Waals surface area contributed by atoms with E-state index in [1.165, 1.54) is 0 Å². The lowest BCUT2D eigenvalue weighted by atomic mass is 9.90. The van der Waals surface area contributed by atoms with Crippen LogP contribution in [0.15, 0.2) is 48.7 Å². The fourth-order valence-electron chi connectivity index (χ4n) is 3.76. The second-order valence-corrected chi connectivity index (χ2v) is 7.12. The molecule has 0 radical (unpaired) electrons. The Morgan fingerprint density at radius 2 is 2.00 bits per heavy atom. The third kappa shape index (κ3) is 5.12. The predicted molar refractivity (Wildman–Crippen MR) is 111 cm³/mol. The maximum absolute atomic E-state index is 13.0. The summed E-state index contributed by atoms with van der Waals surface area (Å²) in [5.74, 6) is 0.230. The van der Waals surface area contributed by atoms with Crippen molar-refractivity contribution in [1.29, 1.82) is 0 Å². The lowest BCUT2D eigenvalue weighted by molar-refractivity contribution is -0.129. The number of rotatable bonds is 9. The quantitative estimate of drug-likeness (QED) is 0.635. The van der Waals surface area contributed by atoms with E-state index in [2.05, 4.69) is 15.6 Å². The highest BCUT2D eigenvalue weighted by Gasteiger charge is 2.44. The van der Waals surface area contributed by atoms with Crippen LogP contribution >= 0.6 is 0 Å². The smallest absolute Gasteiger partial charge is 0.226 e. The number of hydrogen-bond acceptors (Lipinski definition) is 5. The van der Waals surface area contributed by atoms with Gasteiger partial charge in [0.25, 0.3) is 0 Å². The number of nitrogens with one attached hydrogen (secondary N) is 2. The molecule has 0 aliphatic carbocycles. The minimum absolute atomic E-state index is 0.0120. The molecule has 2 aromatic rings. The number of hydrogen-bond donors (Lipinski definition) is 2. The number of nitrogens with zero attached hydrogens (tertiary/aromatic N) is 2. The monoisotopic (exact) mass is 396 g/mol. The summed E-state index contributed by atoms with van der Waals surface area (Å²) in [6, 6.07) is 13.3. The summed E-state index contributed by atoms with van der Waals surface area (Å²) < 4.78 is 5.18. The number of methoxy groups -OCH3 is 1. The van der Waals surface area contributed by atoms with Gasteiger partial charge < -0.3 is 20.3 Å². The van der Waals surface area contributed by atoms with Crippen molar-refractivity contribution in [1.82, 2.24) is 15.2 Å². The zero-order valence-corrected chi connectivity index (χ0v) is 16.9. The van der Waals surface area contributed by atoms with Gasteiger partial charge in [0.1, 0.15) is 5.82 Å². The van der Waals surface area contributed by atoms with Crippen LogP contribution in [-0.4, -0.2) is 55.0 Å². The number of anilines is 1. The van der Waals surface area contributed by atoms with E-state index in [0.29, 0.717) is 26.2 Å². The Kier molecular flexibility index (Phi) is 7.19. The maximum atomic E-state index is 13.0. The van der Waals surface area contributed by atoms with Crippen LogP contribution in [0, 0.1) is 12.8 Å². The molecular weight excluding hydrogens is 368 g/mol. The first-order chi connectivity index (χ1) is 14.1. The van der Waals surface area contributed by atoms with Gasteiger partial charge in [-0.3, -0.25) is 9.59 Å². The first kappa shape index (κ1) is 20.8. The number of benzene rings is 1. The Morgan fingerprint density at radius 1 is 1.21 bits per heavy atom. The number of aryl methyl sites for hydroxylation is 1. The molecule has 1 fully saturated rings. The standard InChI is InChI=1S/C22H28N4O3/c1-16-7-3-4-8-17(16)21-18(15-20(27)26(21)13-14-29-2)22(28)25-12-11-24-19-9-5-6-10-23-19/h3-10,18,21H,11-15H2,1-2H3,(H,23,24)(H,25,28)/t18-,21+/m1/s1. The largest absolute Gasteiger partial charge is 0.383 e. The second kappa shape index (κ2) is 10.0. The molecule has 0 bridgehead atoms. The molecule has 2 amide bonds. The van der Waals surface area contributed by atoms with E-state index in [4.69, 9.17) is 4.74 Å². The molecule has 1 saturated heterocycles. The summed E-state index contributed by atoms with van der Waals surface area (Å²) in [5, 5.41) is 6.14. The van der Waals surface area contributed by atoms with E-state index in [1.807, 2.05) is 49.4 Å². The number of likely N-dealkylation sites (tertiary alicyclic amines) is 1. The van der Waals surface area contributed by atoms with Crippen LogP contribution in [0.3, 0.4) is 0 Å². The number of carbonyl (C=O) groups excluding carboxylic acids is 2. The van der Waals surface area contributed by atoms with Gasteiger partial charge in [-0.2, -0.15) is 0 Å². The van der Waals surface area contributed by atoms with E-state index < -0.39 is 5.92 Å². The van der Waals surface area contributed by atoms with Gasteiger partial charge in [-0.15, -0.1) is 0 Å². The molecule has 3 rings (SSSR count). The lowest BCUT2D eigenvalue weighted by Gasteiger charge is -2.29. The van der Waals surface area contributed by atoms with Gasteiger partial charge >= 0.3 is 0 Å².